The van der Waals surface area contributed by atoms with Crippen molar-refractivity contribution in [2.24, 2.45) is 0 Å². The molecule has 0 saturated heterocycles. The second-order valence-corrected chi connectivity index (χ2v) is 8.52. The topological polar surface area (TPSA) is 0 Å². The third-order valence-electron chi connectivity index (χ3n) is 4.10. The van der Waals surface area contributed by atoms with Crippen LogP contribution in [0.15, 0.2) is 99.9 Å². The van der Waals surface area contributed by atoms with Crippen molar-refractivity contribution >= 4 is 28.9 Å². The molecule has 0 amide bonds. The molecule has 0 N–H and O–H groups in total. The van der Waals surface area contributed by atoms with Crippen molar-refractivity contribution < 1.29 is 0 Å². The van der Waals surface area contributed by atoms with Crippen LogP contribution < -0.4 is 0 Å². The van der Waals surface area contributed by atoms with E-state index in [2.05, 4.69) is 84.2 Å². The molecular weight excluding hydrogens is 380 g/mol. The second-order valence-electron chi connectivity index (χ2n) is 6.75. The van der Waals surface area contributed by atoms with Crippen LogP contribution in [-0.2, 0) is 6.42 Å². The lowest BCUT2D eigenvalue weighted by atomic mass is 9.99. The average molecular weight is 411 g/mol. The molecule has 28 heavy (non-hydrogen) atoms. The zero-order chi connectivity index (χ0) is 21.1. The molecular formula is C26H31ClS. The highest BCUT2D eigenvalue weighted by Crippen LogP contribution is 2.35. The van der Waals surface area contributed by atoms with Crippen molar-refractivity contribution in [1.29, 1.82) is 0 Å². The van der Waals surface area contributed by atoms with E-state index in [1.165, 1.54) is 37.7 Å². The average Bonchev–Trinajstić information content (AvgIpc) is 2.65. The van der Waals surface area contributed by atoms with Gasteiger partial charge in [0.15, 0.2) is 0 Å². The monoisotopic (exact) mass is 410 g/mol. The number of hydrogen-bond donors (Lipinski definition) is 0. The molecule has 1 aromatic carbocycles. The van der Waals surface area contributed by atoms with Crippen LogP contribution in [0.1, 0.15) is 45.7 Å². The van der Waals surface area contributed by atoms with Crippen LogP contribution in [0, 0.1) is 0 Å². The molecule has 0 unspecified atom stereocenters. The van der Waals surface area contributed by atoms with Crippen molar-refractivity contribution in [3.8, 4) is 0 Å². The summed E-state index contributed by atoms with van der Waals surface area (Å²) in [6, 6.07) is 8.75. The maximum absolute atomic E-state index is 5.79. The van der Waals surface area contributed by atoms with Gasteiger partial charge in [-0.15, -0.1) is 0 Å². The highest BCUT2D eigenvalue weighted by atomic mass is 35.5. The van der Waals surface area contributed by atoms with E-state index < -0.39 is 0 Å². The molecule has 0 heterocycles. The molecule has 0 aliphatic rings. The lowest BCUT2D eigenvalue weighted by molar-refractivity contribution is 1.14. The first-order valence-electron chi connectivity index (χ1n) is 9.43. The number of hydrogen-bond acceptors (Lipinski definition) is 1. The van der Waals surface area contributed by atoms with Gasteiger partial charge in [-0.05, 0) is 73.4 Å². The van der Waals surface area contributed by atoms with E-state index in [4.69, 9.17) is 11.6 Å². The lowest BCUT2D eigenvalue weighted by Crippen LogP contribution is -1.90. The Bertz CT molecular complexity index is 856. The summed E-state index contributed by atoms with van der Waals surface area (Å²) in [5, 5.41) is 0.522. The molecule has 0 bridgehead atoms. The standard InChI is InChI=1S/C26H31ClS/c1-8-12-26(28-22(7)14-10-13-21(6)27)25(19(3)4)17-20(5)24-16-11-15-23(9-2)18-24/h8,10-18H,1,6,9H2,2-5,7H3/b13-10-,20-17+,22-14+,26-12+. The van der Waals surface area contributed by atoms with E-state index in [1.807, 2.05) is 18.2 Å². The summed E-state index contributed by atoms with van der Waals surface area (Å²) < 4.78 is 0. The Morgan fingerprint density at radius 2 is 1.86 bits per heavy atom. The number of halogens is 1. The van der Waals surface area contributed by atoms with Gasteiger partial charge in [-0.2, -0.15) is 0 Å². The number of thioether (sulfide) groups is 1. The van der Waals surface area contributed by atoms with Gasteiger partial charge >= 0.3 is 0 Å². The fourth-order valence-corrected chi connectivity index (χ4v) is 3.68. The van der Waals surface area contributed by atoms with E-state index >= 15 is 0 Å². The van der Waals surface area contributed by atoms with E-state index in [0.717, 1.165) is 6.42 Å². The summed E-state index contributed by atoms with van der Waals surface area (Å²) in [7, 11) is 0. The number of aryl methyl sites for hydroxylation is 1. The summed E-state index contributed by atoms with van der Waals surface area (Å²) in [4.78, 5) is 2.34. The molecule has 0 aliphatic heterocycles. The highest BCUT2D eigenvalue weighted by Gasteiger charge is 2.08. The fourth-order valence-electron chi connectivity index (χ4n) is 2.58. The lowest BCUT2D eigenvalue weighted by Gasteiger charge is -2.13. The normalized spacial score (nSPS) is 13.0. The molecule has 0 saturated carbocycles. The van der Waals surface area contributed by atoms with Crippen LogP contribution >= 0.6 is 23.4 Å². The van der Waals surface area contributed by atoms with Crippen LogP contribution in [0.2, 0.25) is 0 Å². The Kier molecular flexibility index (Phi) is 10.7. The van der Waals surface area contributed by atoms with Crippen molar-refractivity contribution in [2.75, 3.05) is 0 Å². The first-order chi connectivity index (χ1) is 13.3. The highest BCUT2D eigenvalue weighted by molar-refractivity contribution is 8.06. The molecule has 0 fully saturated rings. The largest absolute Gasteiger partial charge is 0.0990 e. The van der Waals surface area contributed by atoms with Crippen LogP contribution in [0.4, 0.5) is 0 Å². The van der Waals surface area contributed by atoms with Crippen molar-refractivity contribution in [2.45, 2.75) is 41.0 Å². The molecule has 0 aromatic heterocycles. The maximum atomic E-state index is 5.79. The number of allylic oxidation sites excluding steroid dienone is 11. The van der Waals surface area contributed by atoms with Crippen LogP contribution in [0.5, 0.6) is 0 Å². The van der Waals surface area contributed by atoms with Gasteiger partial charge < -0.3 is 0 Å². The van der Waals surface area contributed by atoms with E-state index in [0.29, 0.717) is 5.03 Å². The predicted molar refractivity (Wildman–Crippen MR) is 132 cm³/mol. The Labute approximate surface area is 180 Å². The van der Waals surface area contributed by atoms with Gasteiger partial charge in [0, 0.05) is 9.94 Å². The zero-order valence-electron chi connectivity index (χ0n) is 17.7. The fraction of sp³-hybridized carbons (Fsp3) is 0.231. The molecule has 0 spiro atoms. The van der Waals surface area contributed by atoms with Gasteiger partial charge in [0.1, 0.15) is 0 Å². The smallest absolute Gasteiger partial charge is 0.0334 e. The summed E-state index contributed by atoms with van der Waals surface area (Å²) in [5.74, 6) is 0. The summed E-state index contributed by atoms with van der Waals surface area (Å²) in [5.41, 5.74) is 6.36. The second kappa shape index (κ2) is 12.5. The van der Waals surface area contributed by atoms with Gasteiger partial charge in [0.25, 0.3) is 0 Å². The van der Waals surface area contributed by atoms with Gasteiger partial charge in [-0.1, -0.05) is 97.6 Å². The molecule has 0 atom stereocenters. The van der Waals surface area contributed by atoms with Crippen LogP contribution in [0.25, 0.3) is 5.57 Å². The molecule has 148 valence electrons. The van der Waals surface area contributed by atoms with Crippen molar-refractivity contribution in [1.82, 2.24) is 0 Å². The molecule has 0 nitrogen and oxygen atoms in total. The number of benzene rings is 1. The Balaban J connectivity index is 3.25. The summed E-state index contributed by atoms with van der Waals surface area (Å²) in [6.07, 6.45) is 13.0. The van der Waals surface area contributed by atoms with Gasteiger partial charge in [0.05, 0.1) is 0 Å². The molecule has 0 aliphatic carbocycles. The Morgan fingerprint density at radius 3 is 2.43 bits per heavy atom. The summed E-state index contributed by atoms with van der Waals surface area (Å²) >= 11 is 7.52. The van der Waals surface area contributed by atoms with E-state index in [1.54, 1.807) is 17.8 Å². The van der Waals surface area contributed by atoms with E-state index in [9.17, 15) is 0 Å². The molecule has 1 aromatic rings. The maximum Gasteiger partial charge on any atom is 0.0334 e. The molecule has 0 radical (unpaired) electrons. The van der Waals surface area contributed by atoms with Crippen LogP contribution in [-0.4, -0.2) is 0 Å². The minimum absolute atomic E-state index is 0.522. The summed E-state index contributed by atoms with van der Waals surface area (Å²) in [6.45, 7) is 18.3. The third kappa shape index (κ3) is 8.37. The van der Waals surface area contributed by atoms with Gasteiger partial charge in [-0.25, -0.2) is 0 Å². The first-order valence-corrected chi connectivity index (χ1v) is 10.6. The van der Waals surface area contributed by atoms with Gasteiger partial charge in [0.2, 0.25) is 0 Å². The quantitative estimate of drug-likeness (QED) is 0.366. The Morgan fingerprint density at radius 1 is 1.14 bits per heavy atom. The van der Waals surface area contributed by atoms with Gasteiger partial charge in [-0.3, -0.25) is 0 Å². The first kappa shape index (κ1) is 24.1. The number of rotatable bonds is 9. The van der Waals surface area contributed by atoms with Crippen LogP contribution in [0.3, 0.4) is 0 Å². The van der Waals surface area contributed by atoms with E-state index in [-0.39, 0.29) is 0 Å². The minimum Gasteiger partial charge on any atom is -0.0990 e. The Hall–Kier alpha value is -1.96. The van der Waals surface area contributed by atoms with Crippen molar-refractivity contribution in [3.05, 3.63) is 111 Å². The minimum atomic E-state index is 0.522. The SMILES string of the molecule is C=C/C=C(/S/C(C)=C/C=C\C(=C)Cl)C(/C=C(\C)c1cccc(CC)c1)=C(C)C. The zero-order valence-corrected chi connectivity index (χ0v) is 19.3. The predicted octanol–water partition coefficient (Wildman–Crippen LogP) is 9.00. The molecule has 1 rings (SSSR count). The van der Waals surface area contributed by atoms with Crippen molar-refractivity contribution in [3.63, 3.8) is 0 Å². The third-order valence-corrected chi connectivity index (χ3v) is 5.26. The molecule has 2 heteroatoms.